The SMILES string of the molecule is CC(C)N1CCC2(CCc3cc(CN4CCS(=O)(=O)CC4)ccc3O2)CC1. The van der Waals surface area contributed by atoms with Crippen molar-refractivity contribution < 1.29 is 13.2 Å². The summed E-state index contributed by atoms with van der Waals surface area (Å²) >= 11 is 0. The second-order valence-corrected chi connectivity index (χ2v) is 11.1. The first kappa shape index (κ1) is 19.2. The summed E-state index contributed by atoms with van der Waals surface area (Å²) in [6, 6.07) is 7.19. The highest BCUT2D eigenvalue weighted by molar-refractivity contribution is 7.91. The molecule has 1 spiro atoms. The maximum absolute atomic E-state index is 11.6. The Morgan fingerprint density at radius 3 is 2.44 bits per heavy atom. The molecule has 0 atom stereocenters. The molecule has 0 radical (unpaired) electrons. The van der Waals surface area contributed by atoms with Crippen LogP contribution in [0.2, 0.25) is 0 Å². The van der Waals surface area contributed by atoms with Gasteiger partial charge in [0.15, 0.2) is 9.84 Å². The Labute approximate surface area is 163 Å². The molecule has 0 bridgehead atoms. The lowest BCUT2D eigenvalue weighted by atomic mass is 9.82. The monoisotopic (exact) mass is 392 g/mol. The number of sulfone groups is 1. The number of fused-ring (bicyclic) bond motifs is 1. The third-order valence-corrected chi connectivity index (χ3v) is 8.19. The number of hydrogen-bond acceptors (Lipinski definition) is 5. The summed E-state index contributed by atoms with van der Waals surface area (Å²) in [6.45, 7) is 8.92. The molecule has 3 heterocycles. The predicted molar refractivity (Wildman–Crippen MR) is 108 cm³/mol. The lowest BCUT2D eigenvalue weighted by Gasteiger charge is -2.45. The van der Waals surface area contributed by atoms with Crippen molar-refractivity contribution in [1.29, 1.82) is 0 Å². The summed E-state index contributed by atoms with van der Waals surface area (Å²) < 4.78 is 29.7. The topological polar surface area (TPSA) is 49.9 Å². The summed E-state index contributed by atoms with van der Waals surface area (Å²) in [4.78, 5) is 4.79. The van der Waals surface area contributed by atoms with Crippen LogP contribution in [0.15, 0.2) is 18.2 Å². The smallest absolute Gasteiger partial charge is 0.152 e. The lowest BCUT2D eigenvalue weighted by molar-refractivity contribution is -0.0212. The van der Waals surface area contributed by atoms with Crippen molar-refractivity contribution in [3.8, 4) is 5.75 Å². The largest absolute Gasteiger partial charge is 0.487 e. The van der Waals surface area contributed by atoms with Crippen LogP contribution in [0.25, 0.3) is 0 Å². The average Bonchev–Trinajstić information content (AvgIpc) is 2.64. The molecule has 0 amide bonds. The molecule has 5 nitrogen and oxygen atoms in total. The fraction of sp³-hybridized carbons (Fsp3) is 0.714. The molecule has 3 aliphatic heterocycles. The molecule has 0 N–H and O–H groups in total. The standard InChI is InChI=1S/C21H32N2O3S/c1-17(2)23-9-7-21(8-10-23)6-5-19-15-18(3-4-20(19)26-21)16-22-11-13-27(24,25)14-12-22/h3-4,15,17H,5-14,16H2,1-2H3. The number of ether oxygens (including phenoxy) is 1. The van der Waals surface area contributed by atoms with Crippen LogP contribution in [0.5, 0.6) is 5.75 Å². The van der Waals surface area contributed by atoms with Gasteiger partial charge in [0, 0.05) is 38.8 Å². The van der Waals surface area contributed by atoms with Crippen molar-refractivity contribution >= 4 is 9.84 Å². The van der Waals surface area contributed by atoms with Gasteiger partial charge in [0.05, 0.1) is 11.5 Å². The molecule has 1 aromatic rings. The Hall–Kier alpha value is -1.11. The van der Waals surface area contributed by atoms with Crippen LogP contribution in [0.3, 0.4) is 0 Å². The molecule has 0 aromatic heterocycles. The van der Waals surface area contributed by atoms with E-state index in [1.807, 2.05) is 0 Å². The van der Waals surface area contributed by atoms with Gasteiger partial charge in [0.2, 0.25) is 0 Å². The number of piperidine rings is 1. The van der Waals surface area contributed by atoms with E-state index < -0.39 is 9.84 Å². The number of benzene rings is 1. The molecule has 27 heavy (non-hydrogen) atoms. The zero-order chi connectivity index (χ0) is 19.1. The summed E-state index contributed by atoms with van der Waals surface area (Å²) in [6.07, 6.45) is 4.43. The minimum absolute atomic E-state index is 0.0289. The van der Waals surface area contributed by atoms with Crippen molar-refractivity contribution in [2.24, 2.45) is 0 Å². The molecular formula is C21H32N2O3S. The third kappa shape index (κ3) is 4.33. The maximum Gasteiger partial charge on any atom is 0.152 e. The highest BCUT2D eigenvalue weighted by Crippen LogP contribution is 2.40. The molecule has 4 rings (SSSR count). The highest BCUT2D eigenvalue weighted by atomic mass is 32.2. The van der Waals surface area contributed by atoms with Crippen LogP contribution in [-0.4, -0.2) is 67.5 Å². The quantitative estimate of drug-likeness (QED) is 0.791. The predicted octanol–water partition coefficient (Wildman–Crippen LogP) is 2.49. The van der Waals surface area contributed by atoms with E-state index in [-0.39, 0.29) is 17.1 Å². The molecule has 2 saturated heterocycles. The first-order chi connectivity index (χ1) is 12.8. The van der Waals surface area contributed by atoms with E-state index >= 15 is 0 Å². The summed E-state index contributed by atoms with van der Waals surface area (Å²) in [7, 11) is -2.81. The second-order valence-electron chi connectivity index (χ2n) is 8.78. The van der Waals surface area contributed by atoms with E-state index in [0.717, 1.165) is 51.1 Å². The highest BCUT2D eigenvalue weighted by Gasteiger charge is 2.39. The molecule has 6 heteroatoms. The Morgan fingerprint density at radius 2 is 1.78 bits per heavy atom. The summed E-state index contributed by atoms with van der Waals surface area (Å²) in [5, 5.41) is 0. The van der Waals surface area contributed by atoms with Gasteiger partial charge in [-0.25, -0.2) is 8.42 Å². The molecule has 150 valence electrons. The van der Waals surface area contributed by atoms with Gasteiger partial charge in [-0.2, -0.15) is 0 Å². The van der Waals surface area contributed by atoms with Gasteiger partial charge in [-0.05, 0) is 56.7 Å². The van der Waals surface area contributed by atoms with E-state index in [2.05, 4.69) is 41.8 Å². The normalized spacial score (nSPS) is 25.3. The van der Waals surface area contributed by atoms with Crippen molar-refractivity contribution in [3.63, 3.8) is 0 Å². The zero-order valence-electron chi connectivity index (χ0n) is 16.6. The minimum Gasteiger partial charge on any atom is -0.487 e. The summed E-state index contributed by atoms with van der Waals surface area (Å²) in [5.74, 6) is 1.64. The van der Waals surface area contributed by atoms with Crippen LogP contribution in [0.4, 0.5) is 0 Å². The molecule has 0 saturated carbocycles. The van der Waals surface area contributed by atoms with Crippen LogP contribution in [-0.2, 0) is 22.8 Å². The van der Waals surface area contributed by atoms with Crippen molar-refractivity contribution in [3.05, 3.63) is 29.3 Å². The molecule has 3 aliphatic rings. The van der Waals surface area contributed by atoms with Gasteiger partial charge < -0.3 is 9.64 Å². The minimum atomic E-state index is -2.81. The molecule has 1 aromatic carbocycles. The van der Waals surface area contributed by atoms with Gasteiger partial charge in [0.1, 0.15) is 11.4 Å². The second kappa shape index (κ2) is 7.37. The van der Waals surface area contributed by atoms with Gasteiger partial charge in [-0.1, -0.05) is 12.1 Å². The van der Waals surface area contributed by atoms with Crippen LogP contribution in [0, 0.1) is 0 Å². The van der Waals surface area contributed by atoms with Gasteiger partial charge >= 0.3 is 0 Å². The Morgan fingerprint density at radius 1 is 1.07 bits per heavy atom. The van der Waals surface area contributed by atoms with Crippen LogP contribution in [0.1, 0.15) is 44.2 Å². The van der Waals surface area contributed by atoms with E-state index in [4.69, 9.17) is 4.74 Å². The number of aryl methyl sites for hydroxylation is 1. The fourth-order valence-electron chi connectivity index (χ4n) is 4.64. The lowest BCUT2D eigenvalue weighted by Crippen LogP contribution is -2.51. The molecule has 0 aliphatic carbocycles. The van der Waals surface area contributed by atoms with Crippen molar-refractivity contribution in [2.75, 3.05) is 37.7 Å². The maximum atomic E-state index is 11.6. The average molecular weight is 393 g/mol. The molecule has 2 fully saturated rings. The number of rotatable bonds is 3. The van der Waals surface area contributed by atoms with Crippen LogP contribution < -0.4 is 4.74 Å². The van der Waals surface area contributed by atoms with E-state index in [9.17, 15) is 8.42 Å². The van der Waals surface area contributed by atoms with Gasteiger partial charge in [-0.15, -0.1) is 0 Å². The summed E-state index contributed by atoms with van der Waals surface area (Å²) in [5.41, 5.74) is 2.61. The first-order valence-corrected chi connectivity index (χ1v) is 12.1. The van der Waals surface area contributed by atoms with E-state index in [1.54, 1.807) is 0 Å². The van der Waals surface area contributed by atoms with Crippen molar-refractivity contribution in [2.45, 2.75) is 57.7 Å². The number of nitrogens with zero attached hydrogens (tertiary/aromatic N) is 2. The van der Waals surface area contributed by atoms with E-state index in [0.29, 0.717) is 19.1 Å². The van der Waals surface area contributed by atoms with Gasteiger partial charge in [-0.3, -0.25) is 4.90 Å². The van der Waals surface area contributed by atoms with Crippen molar-refractivity contribution in [1.82, 2.24) is 9.80 Å². The Balaban J connectivity index is 1.39. The van der Waals surface area contributed by atoms with Crippen LogP contribution >= 0.6 is 0 Å². The number of hydrogen-bond donors (Lipinski definition) is 0. The fourth-order valence-corrected chi connectivity index (χ4v) is 5.92. The zero-order valence-corrected chi connectivity index (χ0v) is 17.4. The van der Waals surface area contributed by atoms with Gasteiger partial charge in [0.25, 0.3) is 0 Å². The third-order valence-electron chi connectivity index (χ3n) is 6.58. The Bertz CT molecular complexity index is 769. The first-order valence-electron chi connectivity index (χ1n) is 10.3. The number of likely N-dealkylation sites (tertiary alicyclic amines) is 1. The van der Waals surface area contributed by atoms with E-state index in [1.165, 1.54) is 11.1 Å². The molecular weight excluding hydrogens is 360 g/mol. The molecule has 0 unspecified atom stereocenters. The Kier molecular flexibility index (Phi) is 5.25.